The van der Waals surface area contributed by atoms with Crippen LogP contribution >= 0.6 is 0 Å². The first-order chi connectivity index (χ1) is 6.74. The molecule has 0 amide bonds. The highest BCUT2D eigenvalue weighted by atomic mass is 16.1. The van der Waals surface area contributed by atoms with Gasteiger partial charge in [-0.3, -0.25) is 4.79 Å². The molecule has 1 aromatic heterocycles. The lowest BCUT2D eigenvalue weighted by molar-refractivity contribution is 0.483. The Bertz CT molecular complexity index is 437. The first-order valence-corrected chi connectivity index (χ1v) is 5.07. The van der Waals surface area contributed by atoms with Gasteiger partial charge in [0.2, 0.25) is 0 Å². The van der Waals surface area contributed by atoms with Gasteiger partial charge in [-0.25, -0.2) is 4.68 Å². The van der Waals surface area contributed by atoms with Crippen molar-refractivity contribution in [3.05, 3.63) is 27.7 Å². The van der Waals surface area contributed by atoms with E-state index in [4.69, 9.17) is 0 Å². The van der Waals surface area contributed by atoms with Gasteiger partial charge in [-0.15, -0.1) is 0 Å². The summed E-state index contributed by atoms with van der Waals surface area (Å²) < 4.78 is 1.43. The zero-order valence-electron chi connectivity index (χ0n) is 8.16. The summed E-state index contributed by atoms with van der Waals surface area (Å²) in [6.07, 6.45) is 3.33. The minimum atomic E-state index is 0.00468. The third-order valence-corrected chi connectivity index (χ3v) is 3.24. The number of nitrogens with zero attached hydrogens (tertiary/aromatic N) is 2. The molecule has 0 spiro atoms. The molecule has 2 aliphatic heterocycles. The Morgan fingerprint density at radius 3 is 3.29 bits per heavy atom. The van der Waals surface area contributed by atoms with E-state index in [0.29, 0.717) is 12.1 Å². The molecular formula is C10H13N3O. The average Bonchev–Trinajstić information content (AvgIpc) is 2.54. The maximum Gasteiger partial charge on any atom is 0.266 e. The van der Waals surface area contributed by atoms with E-state index in [9.17, 15) is 4.79 Å². The molecule has 2 unspecified atom stereocenters. The Morgan fingerprint density at radius 1 is 1.57 bits per heavy atom. The fraction of sp³-hybridized carbons (Fsp3) is 0.600. The van der Waals surface area contributed by atoms with E-state index in [2.05, 4.69) is 10.4 Å². The molecule has 0 saturated carbocycles. The summed E-state index contributed by atoms with van der Waals surface area (Å²) in [6.45, 7) is 0. The summed E-state index contributed by atoms with van der Waals surface area (Å²) in [5.74, 6) is 0. The Balaban J connectivity index is 2.19. The van der Waals surface area contributed by atoms with Crippen molar-refractivity contribution in [3.63, 3.8) is 0 Å². The van der Waals surface area contributed by atoms with Crippen LogP contribution in [0.25, 0.3) is 0 Å². The summed E-state index contributed by atoms with van der Waals surface area (Å²) in [4.78, 5) is 11.4. The van der Waals surface area contributed by atoms with Gasteiger partial charge in [0.05, 0.1) is 11.7 Å². The van der Waals surface area contributed by atoms with Crippen molar-refractivity contribution in [3.8, 4) is 0 Å². The number of aryl methyl sites for hydroxylation is 1. The van der Waals surface area contributed by atoms with Crippen molar-refractivity contribution in [1.29, 1.82) is 0 Å². The smallest absolute Gasteiger partial charge is 0.266 e. The van der Waals surface area contributed by atoms with E-state index >= 15 is 0 Å². The quantitative estimate of drug-likeness (QED) is 0.634. The lowest BCUT2D eigenvalue weighted by Crippen LogP contribution is -2.35. The molecule has 1 fully saturated rings. The lowest BCUT2D eigenvalue weighted by Gasteiger charge is -2.23. The predicted molar refractivity (Wildman–Crippen MR) is 52.1 cm³/mol. The number of rotatable bonds is 0. The highest BCUT2D eigenvalue weighted by Crippen LogP contribution is 2.33. The van der Waals surface area contributed by atoms with Crippen molar-refractivity contribution in [2.24, 2.45) is 7.05 Å². The zero-order chi connectivity index (χ0) is 9.71. The standard InChI is InChI=1S/C10H13N3O/c1-13-9(14)5-6-4-7-2-3-8(11-7)10(6)12-13/h5,7-8,11H,2-4H2,1H3. The van der Waals surface area contributed by atoms with E-state index in [1.807, 2.05) is 0 Å². The van der Waals surface area contributed by atoms with Gasteiger partial charge >= 0.3 is 0 Å². The maximum atomic E-state index is 11.4. The summed E-state index contributed by atoms with van der Waals surface area (Å²) in [5.41, 5.74) is 2.24. The first-order valence-electron chi connectivity index (χ1n) is 5.07. The van der Waals surface area contributed by atoms with E-state index in [1.165, 1.54) is 11.1 Å². The van der Waals surface area contributed by atoms with Gasteiger partial charge in [0.25, 0.3) is 5.56 Å². The SMILES string of the molecule is Cn1nc2c(cc1=O)CC1CCC2N1. The van der Waals surface area contributed by atoms with Crippen LogP contribution in [0, 0.1) is 0 Å². The van der Waals surface area contributed by atoms with Gasteiger partial charge in [-0.1, -0.05) is 0 Å². The fourth-order valence-electron chi connectivity index (χ4n) is 2.51. The first kappa shape index (κ1) is 8.17. The average molecular weight is 191 g/mol. The number of hydrogen-bond donors (Lipinski definition) is 1. The Labute approximate surface area is 81.9 Å². The molecule has 2 aliphatic rings. The van der Waals surface area contributed by atoms with Crippen LogP contribution in [0.4, 0.5) is 0 Å². The van der Waals surface area contributed by atoms with Crippen LogP contribution in [0.2, 0.25) is 0 Å². The predicted octanol–water partition coefficient (Wildman–Crippen LogP) is 0.129. The molecule has 3 rings (SSSR count). The van der Waals surface area contributed by atoms with Crippen LogP contribution in [0.3, 0.4) is 0 Å². The van der Waals surface area contributed by atoms with Crippen molar-refractivity contribution in [1.82, 2.24) is 15.1 Å². The Kier molecular flexibility index (Phi) is 1.56. The summed E-state index contributed by atoms with van der Waals surface area (Å²) in [5, 5.41) is 7.85. The maximum absolute atomic E-state index is 11.4. The van der Waals surface area contributed by atoms with Gasteiger partial charge in [-0.05, 0) is 24.8 Å². The number of hydrogen-bond acceptors (Lipinski definition) is 3. The molecule has 4 heteroatoms. The van der Waals surface area contributed by atoms with Gasteiger partial charge in [-0.2, -0.15) is 5.10 Å². The second kappa shape index (κ2) is 2.67. The molecule has 3 heterocycles. The van der Waals surface area contributed by atoms with E-state index < -0.39 is 0 Å². The molecule has 14 heavy (non-hydrogen) atoms. The van der Waals surface area contributed by atoms with Gasteiger partial charge in [0.1, 0.15) is 0 Å². The number of aromatic nitrogens is 2. The van der Waals surface area contributed by atoms with Crippen molar-refractivity contribution < 1.29 is 0 Å². The molecular weight excluding hydrogens is 178 g/mol. The molecule has 1 aromatic rings. The minimum Gasteiger partial charge on any atom is -0.305 e. The summed E-state index contributed by atoms with van der Waals surface area (Å²) >= 11 is 0. The summed E-state index contributed by atoms with van der Waals surface area (Å²) in [6, 6.07) is 2.70. The lowest BCUT2D eigenvalue weighted by atomic mass is 10.0. The topological polar surface area (TPSA) is 46.9 Å². The third kappa shape index (κ3) is 1.04. The normalized spacial score (nSPS) is 28.9. The van der Waals surface area contributed by atoms with E-state index in [1.54, 1.807) is 13.1 Å². The highest BCUT2D eigenvalue weighted by molar-refractivity contribution is 5.27. The van der Waals surface area contributed by atoms with Crippen LogP contribution in [-0.2, 0) is 13.5 Å². The molecule has 0 radical (unpaired) electrons. The second-order valence-electron chi connectivity index (χ2n) is 4.21. The zero-order valence-corrected chi connectivity index (χ0v) is 8.16. The van der Waals surface area contributed by atoms with Crippen molar-refractivity contribution in [2.75, 3.05) is 0 Å². The number of nitrogens with one attached hydrogen (secondary N) is 1. The Hall–Kier alpha value is -1.16. The van der Waals surface area contributed by atoms with Gasteiger partial charge in [0, 0.05) is 19.2 Å². The largest absolute Gasteiger partial charge is 0.305 e. The molecule has 2 atom stereocenters. The summed E-state index contributed by atoms with van der Waals surface area (Å²) in [7, 11) is 1.71. The minimum absolute atomic E-state index is 0.00468. The van der Waals surface area contributed by atoms with Gasteiger partial charge < -0.3 is 5.32 Å². The van der Waals surface area contributed by atoms with Crippen LogP contribution in [0.1, 0.15) is 30.1 Å². The van der Waals surface area contributed by atoms with Crippen molar-refractivity contribution in [2.45, 2.75) is 31.3 Å². The molecule has 1 saturated heterocycles. The molecule has 0 aromatic carbocycles. The monoisotopic (exact) mass is 191 g/mol. The third-order valence-electron chi connectivity index (χ3n) is 3.24. The molecule has 1 N–H and O–H groups in total. The number of fused-ring (bicyclic) bond motifs is 4. The van der Waals surface area contributed by atoms with Crippen LogP contribution in [0.5, 0.6) is 0 Å². The van der Waals surface area contributed by atoms with Crippen LogP contribution in [0.15, 0.2) is 10.9 Å². The highest BCUT2D eigenvalue weighted by Gasteiger charge is 2.33. The van der Waals surface area contributed by atoms with Crippen LogP contribution < -0.4 is 10.9 Å². The molecule has 74 valence electrons. The van der Waals surface area contributed by atoms with Gasteiger partial charge in [0.15, 0.2) is 0 Å². The fourth-order valence-corrected chi connectivity index (χ4v) is 2.51. The second-order valence-corrected chi connectivity index (χ2v) is 4.21. The van der Waals surface area contributed by atoms with Crippen LogP contribution in [-0.4, -0.2) is 15.8 Å². The Morgan fingerprint density at radius 2 is 2.43 bits per heavy atom. The molecule has 2 bridgehead atoms. The van der Waals surface area contributed by atoms with E-state index in [0.717, 1.165) is 24.1 Å². The molecule has 0 aliphatic carbocycles. The van der Waals surface area contributed by atoms with Crippen molar-refractivity contribution >= 4 is 0 Å². The van der Waals surface area contributed by atoms with E-state index in [-0.39, 0.29) is 5.56 Å². The molecule has 4 nitrogen and oxygen atoms in total.